The number of hydrogen-bond donors (Lipinski definition) is 1. The molecular weight excluding hydrogens is 194 g/mol. The smallest absolute Gasteiger partial charge is 0.231 e. The van der Waals surface area contributed by atoms with E-state index in [4.69, 9.17) is 14.2 Å². The van der Waals surface area contributed by atoms with Crippen LogP contribution in [-0.2, 0) is 4.74 Å². The van der Waals surface area contributed by atoms with Crippen molar-refractivity contribution in [2.45, 2.75) is 12.6 Å². The molecule has 1 aromatic carbocycles. The summed E-state index contributed by atoms with van der Waals surface area (Å²) in [6.07, 6.45) is 1.06. The van der Waals surface area contributed by atoms with Crippen LogP contribution in [-0.4, -0.2) is 19.9 Å². The standard InChI is InChI=1S/C11H13NO3/c1-4-12-11(13-5-1)8-2-3-9-10(6-8)15-7-14-9/h2-3,6,11-12H,1,4-5,7H2. The molecule has 4 nitrogen and oxygen atoms in total. The molecule has 0 bridgehead atoms. The molecule has 1 unspecified atom stereocenters. The van der Waals surface area contributed by atoms with E-state index in [2.05, 4.69) is 5.32 Å². The first kappa shape index (κ1) is 9.00. The van der Waals surface area contributed by atoms with Crippen LogP contribution in [0.1, 0.15) is 18.2 Å². The van der Waals surface area contributed by atoms with Crippen LogP contribution < -0.4 is 14.8 Å². The normalized spacial score (nSPS) is 24.1. The summed E-state index contributed by atoms with van der Waals surface area (Å²) in [4.78, 5) is 0. The van der Waals surface area contributed by atoms with Gasteiger partial charge in [-0.3, -0.25) is 5.32 Å². The Labute approximate surface area is 88.1 Å². The number of fused-ring (bicyclic) bond motifs is 1. The van der Waals surface area contributed by atoms with Crippen molar-refractivity contribution in [3.05, 3.63) is 23.8 Å². The van der Waals surface area contributed by atoms with Gasteiger partial charge in [0.1, 0.15) is 6.23 Å². The maximum absolute atomic E-state index is 5.62. The quantitative estimate of drug-likeness (QED) is 0.756. The van der Waals surface area contributed by atoms with E-state index in [1.165, 1.54) is 0 Å². The van der Waals surface area contributed by atoms with E-state index in [0.717, 1.165) is 36.6 Å². The summed E-state index contributed by atoms with van der Waals surface area (Å²) >= 11 is 0. The van der Waals surface area contributed by atoms with E-state index in [1.807, 2.05) is 18.2 Å². The van der Waals surface area contributed by atoms with Crippen molar-refractivity contribution in [1.29, 1.82) is 0 Å². The van der Waals surface area contributed by atoms with Crippen molar-refractivity contribution in [1.82, 2.24) is 5.32 Å². The molecule has 80 valence electrons. The maximum atomic E-state index is 5.62. The van der Waals surface area contributed by atoms with Crippen molar-refractivity contribution >= 4 is 0 Å². The van der Waals surface area contributed by atoms with Gasteiger partial charge in [0, 0.05) is 6.54 Å². The Kier molecular flexibility index (Phi) is 2.23. The van der Waals surface area contributed by atoms with Gasteiger partial charge in [-0.2, -0.15) is 0 Å². The number of hydrogen-bond acceptors (Lipinski definition) is 4. The third-order valence-corrected chi connectivity index (χ3v) is 2.63. The summed E-state index contributed by atoms with van der Waals surface area (Å²) in [6.45, 7) is 2.13. The van der Waals surface area contributed by atoms with Gasteiger partial charge < -0.3 is 14.2 Å². The first-order chi connectivity index (χ1) is 7.43. The van der Waals surface area contributed by atoms with Crippen molar-refractivity contribution < 1.29 is 14.2 Å². The molecule has 1 N–H and O–H groups in total. The third-order valence-electron chi connectivity index (χ3n) is 2.63. The van der Waals surface area contributed by atoms with Gasteiger partial charge in [-0.25, -0.2) is 0 Å². The van der Waals surface area contributed by atoms with Gasteiger partial charge >= 0.3 is 0 Å². The molecule has 0 radical (unpaired) electrons. The van der Waals surface area contributed by atoms with Crippen LogP contribution in [0.15, 0.2) is 18.2 Å². The van der Waals surface area contributed by atoms with Crippen LogP contribution in [0.25, 0.3) is 0 Å². The molecule has 1 atom stereocenters. The molecule has 3 rings (SSSR count). The molecule has 15 heavy (non-hydrogen) atoms. The highest BCUT2D eigenvalue weighted by Crippen LogP contribution is 2.34. The first-order valence-electron chi connectivity index (χ1n) is 5.18. The summed E-state index contributed by atoms with van der Waals surface area (Å²) in [5.41, 5.74) is 1.10. The lowest BCUT2D eigenvalue weighted by atomic mass is 10.1. The Balaban J connectivity index is 1.85. The molecule has 4 heteroatoms. The fraction of sp³-hybridized carbons (Fsp3) is 0.455. The van der Waals surface area contributed by atoms with Gasteiger partial charge in [0.05, 0.1) is 6.61 Å². The van der Waals surface area contributed by atoms with E-state index in [-0.39, 0.29) is 6.23 Å². The molecule has 2 aliphatic heterocycles. The fourth-order valence-electron chi connectivity index (χ4n) is 1.86. The minimum Gasteiger partial charge on any atom is -0.454 e. The monoisotopic (exact) mass is 207 g/mol. The van der Waals surface area contributed by atoms with Gasteiger partial charge in [0.25, 0.3) is 0 Å². The van der Waals surface area contributed by atoms with E-state index in [9.17, 15) is 0 Å². The third kappa shape index (κ3) is 1.66. The average molecular weight is 207 g/mol. The second-order valence-corrected chi connectivity index (χ2v) is 3.67. The van der Waals surface area contributed by atoms with Crippen molar-refractivity contribution in [2.75, 3.05) is 19.9 Å². The van der Waals surface area contributed by atoms with E-state index < -0.39 is 0 Å². The van der Waals surface area contributed by atoms with E-state index in [0.29, 0.717) is 6.79 Å². The van der Waals surface area contributed by atoms with Crippen molar-refractivity contribution in [2.24, 2.45) is 0 Å². The predicted molar refractivity (Wildman–Crippen MR) is 53.9 cm³/mol. The zero-order valence-electron chi connectivity index (χ0n) is 8.36. The Morgan fingerprint density at radius 3 is 3.00 bits per heavy atom. The van der Waals surface area contributed by atoms with Crippen molar-refractivity contribution in [3.63, 3.8) is 0 Å². The molecule has 0 saturated carbocycles. The molecule has 1 fully saturated rings. The minimum absolute atomic E-state index is 0.00625. The molecule has 0 spiro atoms. The summed E-state index contributed by atoms with van der Waals surface area (Å²) in [6, 6.07) is 5.92. The van der Waals surface area contributed by atoms with Crippen LogP contribution in [0.3, 0.4) is 0 Å². The van der Waals surface area contributed by atoms with Gasteiger partial charge in [-0.15, -0.1) is 0 Å². The lowest BCUT2D eigenvalue weighted by Gasteiger charge is -2.24. The largest absolute Gasteiger partial charge is 0.454 e. The summed E-state index contributed by atoms with van der Waals surface area (Å²) in [7, 11) is 0. The molecule has 2 heterocycles. The van der Waals surface area contributed by atoms with Gasteiger partial charge in [0.2, 0.25) is 6.79 Å². The van der Waals surface area contributed by atoms with Crippen molar-refractivity contribution in [3.8, 4) is 11.5 Å². The lowest BCUT2D eigenvalue weighted by Crippen LogP contribution is -2.31. The minimum atomic E-state index is -0.00625. The molecule has 1 aromatic rings. The number of rotatable bonds is 1. The molecule has 0 amide bonds. The summed E-state index contributed by atoms with van der Waals surface area (Å²) in [5.74, 6) is 1.62. The predicted octanol–water partition coefficient (Wildman–Crippen LogP) is 1.42. The molecule has 0 aromatic heterocycles. The number of benzene rings is 1. The Hall–Kier alpha value is -1.26. The lowest BCUT2D eigenvalue weighted by molar-refractivity contribution is -0.000406. The maximum Gasteiger partial charge on any atom is 0.231 e. The summed E-state index contributed by atoms with van der Waals surface area (Å²) < 4.78 is 16.2. The van der Waals surface area contributed by atoms with Crippen LogP contribution in [0, 0.1) is 0 Å². The molecule has 0 aliphatic carbocycles. The second kappa shape index (κ2) is 3.72. The second-order valence-electron chi connectivity index (χ2n) is 3.67. The van der Waals surface area contributed by atoms with Gasteiger partial charge in [-0.1, -0.05) is 6.07 Å². The van der Waals surface area contributed by atoms with Gasteiger partial charge in [0.15, 0.2) is 11.5 Å². The zero-order chi connectivity index (χ0) is 10.1. The molecule has 1 saturated heterocycles. The first-order valence-corrected chi connectivity index (χ1v) is 5.18. The van der Waals surface area contributed by atoms with Crippen LogP contribution >= 0.6 is 0 Å². The highest BCUT2D eigenvalue weighted by atomic mass is 16.7. The zero-order valence-corrected chi connectivity index (χ0v) is 8.36. The number of ether oxygens (including phenoxy) is 3. The topological polar surface area (TPSA) is 39.7 Å². The number of nitrogens with one attached hydrogen (secondary N) is 1. The Morgan fingerprint density at radius 2 is 2.13 bits per heavy atom. The fourth-order valence-corrected chi connectivity index (χ4v) is 1.86. The van der Waals surface area contributed by atoms with Gasteiger partial charge in [-0.05, 0) is 24.1 Å². The van der Waals surface area contributed by atoms with Crippen LogP contribution in [0.2, 0.25) is 0 Å². The average Bonchev–Trinajstić information content (AvgIpc) is 2.77. The Morgan fingerprint density at radius 1 is 1.20 bits per heavy atom. The van der Waals surface area contributed by atoms with Crippen LogP contribution in [0.4, 0.5) is 0 Å². The molecular formula is C11H13NO3. The summed E-state index contributed by atoms with van der Waals surface area (Å²) in [5, 5.41) is 3.31. The highest BCUT2D eigenvalue weighted by Gasteiger charge is 2.19. The van der Waals surface area contributed by atoms with Crippen LogP contribution in [0.5, 0.6) is 11.5 Å². The SMILES string of the molecule is c1cc2c(cc1C1NCCCO1)OCO2. The highest BCUT2D eigenvalue weighted by molar-refractivity contribution is 5.45. The Bertz CT molecular complexity index is 361. The van der Waals surface area contributed by atoms with E-state index in [1.54, 1.807) is 0 Å². The van der Waals surface area contributed by atoms with E-state index >= 15 is 0 Å². The molecule has 2 aliphatic rings.